The van der Waals surface area contributed by atoms with Crippen LogP contribution in [-0.4, -0.2) is 57.3 Å². The van der Waals surface area contributed by atoms with E-state index in [1.807, 2.05) is 0 Å². The van der Waals surface area contributed by atoms with Crippen LogP contribution in [0.1, 0.15) is 44.2 Å². The highest BCUT2D eigenvalue weighted by Gasteiger charge is 2.32. The molecule has 0 unspecified atom stereocenters. The summed E-state index contributed by atoms with van der Waals surface area (Å²) in [5.41, 5.74) is 2.92. The molecule has 0 radical (unpaired) electrons. The topological polar surface area (TPSA) is 50.8 Å². The van der Waals surface area contributed by atoms with E-state index in [0.29, 0.717) is 31.6 Å². The van der Waals surface area contributed by atoms with E-state index in [-0.39, 0.29) is 11.8 Å². The summed E-state index contributed by atoms with van der Waals surface area (Å²) in [7, 11) is 1.69. The standard InChI is InChI=1S/C24H38N2O3/c1-18(2)14-26-15-19(12-22(16-26)24(27)25-10-5-11-28-3)17-29-23-9-8-20-6-4-7-21(20)13-23/h8-9,13,18-19,22H,4-7,10-12,14-17H2,1-3H3,(H,25,27)/t19-,22+/m0/s1. The van der Waals surface area contributed by atoms with Crippen molar-refractivity contribution in [2.24, 2.45) is 17.8 Å². The molecule has 0 aromatic heterocycles. The van der Waals surface area contributed by atoms with E-state index in [9.17, 15) is 4.79 Å². The van der Waals surface area contributed by atoms with E-state index in [1.54, 1.807) is 7.11 Å². The molecule has 162 valence electrons. The molecule has 1 aromatic rings. The third-order valence-corrected chi connectivity index (χ3v) is 5.99. The van der Waals surface area contributed by atoms with Gasteiger partial charge in [-0.2, -0.15) is 0 Å². The molecule has 0 saturated carbocycles. The fraction of sp³-hybridized carbons (Fsp3) is 0.708. The van der Waals surface area contributed by atoms with Crippen molar-refractivity contribution in [3.05, 3.63) is 29.3 Å². The summed E-state index contributed by atoms with van der Waals surface area (Å²) in [5.74, 6) is 2.17. The van der Waals surface area contributed by atoms with Gasteiger partial charge in [0.2, 0.25) is 5.91 Å². The Balaban J connectivity index is 1.55. The van der Waals surface area contributed by atoms with Gasteiger partial charge < -0.3 is 19.7 Å². The number of piperidine rings is 1. The first-order valence-corrected chi connectivity index (χ1v) is 11.3. The molecule has 1 aliphatic heterocycles. The molecule has 3 rings (SSSR count). The van der Waals surface area contributed by atoms with Crippen molar-refractivity contribution >= 4 is 5.91 Å². The third-order valence-electron chi connectivity index (χ3n) is 5.99. The van der Waals surface area contributed by atoms with Crippen molar-refractivity contribution in [2.75, 3.05) is 46.5 Å². The maximum atomic E-state index is 12.7. The molecule has 1 heterocycles. The molecule has 1 N–H and O–H groups in total. The molecule has 1 saturated heterocycles. The van der Waals surface area contributed by atoms with Crippen molar-refractivity contribution in [1.82, 2.24) is 10.2 Å². The molecule has 2 aliphatic rings. The van der Waals surface area contributed by atoms with Crippen molar-refractivity contribution < 1.29 is 14.3 Å². The summed E-state index contributed by atoms with van der Waals surface area (Å²) in [6.45, 7) is 9.42. The maximum Gasteiger partial charge on any atom is 0.224 e. The molecular weight excluding hydrogens is 364 g/mol. The number of benzene rings is 1. The Morgan fingerprint density at radius 1 is 1.24 bits per heavy atom. The Morgan fingerprint density at radius 2 is 2.07 bits per heavy atom. The van der Waals surface area contributed by atoms with Crippen LogP contribution in [0, 0.1) is 17.8 Å². The quantitative estimate of drug-likeness (QED) is 0.610. The summed E-state index contributed by atoms with van der Waals surface area (Å²) in [6.07, 6.45) is 5.38. The van der Waals surface area contributed by atoms with E-state index in [2.05, 4.69) is 42.3 Å². The SMILES string of the molecule is COCCCNC(=O)[C@@H]1C[C@H](COc2ccc3c(c2)CCC3)CN(CC(C)C)C1. The molecule has 5 heteroatoms. The normalized spacial score (nSPS) is 21.9. The zero-order valence-corrected chi connectivity index (χ0v) is 18.4. The van der Waals surface area contributed by atoms with Crippen LogP contribution in [0.4, 0.5) is 0 Å². The zero-order chi connectivity index (χ0) is 20.6. The monoisotopic (exact) mass is 402 g/mol. The predicted octanol–water partition coefficient (Wildman–Crippen LogP) is 3.30. The van der Waals surface area contributed by atoms with Gasteiger partial charge in [-0.05, 0) is 61.3 Å². The highest BCUT2D eigenvalue weighted by molar-refractivity contribution is 5.79. The molecule has 0 spiro atoms. The second kappa shape index (κ2) is 11.0. The molecule has 5 nitrogen and oxygen atoms in total. The third kappa shape index (κ3) is 6.71. The van der Waals surface area contributed by atoms with Gasteiger partial charge >= 0.3 is 0 Å². The van der Waals surface area contributed by atoms with Gasteiger partial charge in [0.25, 0.3) is 0 Å². The zero-order valence-electron chi connectivity index (χ0n) is 18.4. The highest BCUT2D eigenvalue weighted by Crippen LogP contribution is 2.28. The number of likely N-dealkylation sites (tertiary alicyclic amines) is 1. The number of nitrogens with zero attached hydrogens (tertiary/aromatic N) is 1. The number of ether oxygens (including phenoxy) is 2. The fourth-order valence-electron chi connectivity index (χ4n) is 4.70. The second-order valence-electron chi connectivity index (χ2n) is 9.14. The summed E-state index contributed by atoms with van der Waals surface area (Å²) < 4.78 is 11.3. The summed E-state index contributed by atoms with van der Waals surface area (Å²) in [5, 5.41) is 3.10. The molecule has 0 bridgehead atoms. The second-order valence-corrected chi connectivity index (χ2v) is 9.14. The van der Waals surface area contributed by atoms with Gasteiger partial charge in [-0.1, -0.05) is 19.9 Å². The Kier molecular flexibility index (Phi) is 8.37. The van der Waals surface area contributed by atoms with Crippen LogP contribution < -0.4 is 10.1 Å². The van der Waals surface area contributed by atoms with E-state index >= 15 is 0 Å². The minimum atomic E-state index is 0.0404. The van der Waals surface area contributed by atoms with E-state index < -0.39 is 0 Å². The molecule has 1 fully saturated rings. The largest absolute Gasteiger partial charge is 0.493 e. The first-order valence-electron chi connectivity index (χ1n) is 11.3. The van der Waals surface area contributed by atoms with Crippen LogP contribution >= 0.6 is 0 Å². The Hall–Kier alpha value is -1.59. The number of fused-ring (bicyclic) bond motifs is 1. The van der Waals surface area contributed by atoms with E-state index in [0.717, 1.165) is 38.2 Å². The van der Waals surface area contributed by atoms with E-state index in [1.165, 1.54) is 30.4 Å². The molecule has 2 atom stereocenters. The van der Waals surface area contributed by atoms with Gasteiger partial charge in [0.1, 0.15) is 5.75 Å². The minimum absolute atomic E-state index is 0.0404. The van der Waals surface area contributed by atoms with Crippen LogP contribution in [0.3, 0.4) is 0 Å². The average molecular weight is 403 g/mol. The lowest BCUT2D eigenvalue weighted by molar-refractivity contribution is -0.127. The predicted molar refractivity (Wildman–Crippen MR) is 116 cm³/mol. The van der Waals surface area contributed by atoms with Crippen molar-refractivity contribution in [2.45, 2.75) is 46.0 Å². The molecular formula is C24H38N2O3. The van der Waals surface area contributed by atoms with Crippen molar-refractivity contribution in [1.29, 1.82) is 0 Å². The van der Waals surface area contributed by atoms with Crippen LogP contribution in [0.15, 0.2) is 18.2 Å². The minimum Gasteiger partial charge on any atom is -0.493 e. The van der Waals surface area contributed by atoms with Gasteiger partial charge in [0.05, 0.1) is 12.5 Å². The molecule has 29 heavy (non-hydrogen) atoms. The van der Waals surface area contributed by atoms with Crippen LogP contribution in [0.25, 0.3) is 0 Å². The van der Waals surface area contributed by atoms with Gasteiger partial charge in [0, 0.05) is 45.8 Å². The lowest BCUT2D eigenvalue weighted by Gasteiger charge is -2.38. The summed E-state index contributed by atoms with van der Waals surface area (Å²) in [4.78, 5) is 15.2. The van der Waals surface area contributed by atoms with Gasteiger partial charge in [0.15, 0.2) is 0 Å². The summed E-state index contributed by atoms with van der Waals surface area (Å²) >= 11 is 0. The number of amides is 1. The van der Waals surface area contributed by atoms with E-state index in [4.69, 9.17) is 9.47 Å². The van der Waals surface area contributed by atoms with Crippen molar-refractivity contribution in [3.8, 4) is 5.75 Å². The highest BCUT2D eigenvalue weighted by atomic mass is 16.5. The molecule has 1 aliphatic carbocycles. The molecule has 1 aromatic carbocycles. The Labute approximate surface area is 176 Å². The first kappa shape index (κ1) is 22.1. The molecule has 1 amide bonds. The smallest absolute Gasteiger partial charge is 0.224 e. The lowest BCUT2D eigenvalue weighted by Crippen LogP contribution is -2.48. The number of rotatable bonds is 10. The van der Waals surface area contributed by atoms with Gasteiger partial charge in [-0.25, -0.2) is 0 Å². The average Bonchev–Trinajstić information content (AvgIpc) is 3.16. The number of aryl methyl sites for hydroxylation is 2. The Morgan fingerprint density at radius 3 is 2.86 bits per heavy atom. The number of hydrogen-bond acceptors (Lipinski definition) is 4. The number of hydrogen-bond donors (Lipinski definition) is 1. The van der Waals surface area contributed by atoms with Crippen molar-refractivity contribution in [3.63, 3.8) is 0 Å². The van der Waals surface area contributed by atoms with Gasteiger partial charge in [-0.15, -0.1) is 0 Å². The van der Waals surface area contributed by atoms with Gasteiger partial charge in [-0.3, -0.25) is 4.79 Å². The van der Waals surface area contributed by atoms with Crippen LogP contribution in [0.2, 0.25) is 0 Å². The number of carbonyl (C=O) groups excluding carboxylic acids is 1. The van der Waals surface area contributed by atoms with Crippen LogP contribution in [-0.2, 0) is 22.4 Å². The number of carbonyl (C=O) groups is 1. The first-order chi connectivity index (χ1) is 14.0. The maximum absolute atomic E-state index is 12.7. The summed E-state index contributed by atoms with van der Waals surface area (Å²) in [6, 6.07) is 6.55. The van der Waals surface area contributed by atoms with Crippen LogP contribution in [0.5, 0.6) is 5.75 Å². The fourth-order valence-corrected chi connectivity index (χ4v) is 4.70. The number of methoxy groups -OCH3 is 1. The Bertz CT molecular complexity index is 662. The number of nitrogens with one attached hydrogen (secondary N) is 1. The lowest BCUT2D eigenvalue weighted by atomic mass is 9.88.